The van der Waals surface area contributed by atoms with Crippen molar-refractivity contribution in [3.63, 3.8) is 0 Å². The van der Waals surface area contributed by atoms with Crippen LogP contribution in [-0.4, -0.2) is 35.4 Å². The summed E-state index contributed by atoms with van der Waals surface area (Å²) in [6.45, 7) is 0.159. The number of nitrogens with one attached hydrogen (secondary N) is 2. The minimum absolute atomic E-state index is 0.107. The first-order valence-corrected chi connectivity index (χ1v) is 6.31. The molecular formula is C8H13N3O4S. The number of H-pyrrole nitrogens is 1. The van der Waals surface area contributed by atoms with Crippen LogP contribution in [0.15, 0.2) is 12.4 Å². The topological polar surface area (TPSA) is 112 Å². The van der Waals surface area contributed by atoms with Gasteiger partial charge in [-0.3, -0.25) is 9.89 Å². The lowest BCUT2D eigenvalue weighted by Crippen LogP contribution is -2.26. The van der Waals surface area contributed by atoms with E-state index in [0.717, 1.165) is 5.56 Å². The summed E-state index contributed by atoms with van der Waals surface area (Å²) in [6.07, 6.45) is 3.06. The van der Waals surface area contributed by atoms with E-state index in [2.05, 4.69) is 14.9 Å². The molecule has 0 amide bonds. The normalized spacial score (nSPS) is 11.5. The first kappa shape index (κ1) is 12.7. The molecule has 1 aromatic heterocycles. The summed E-state index contributed by atoms with van der Waals surface area (Å²) in [4.78, 5) is 10.2. The van der Waals surface area contributed by atoms with E-state index in [1.807, 2.05) is 0 Å². The Kier molecular flexibility index (Phi) is 4.44. The van der Waals surface area contributed by atoms with Crippen molar-refractivity contribution in [2.24, 2.45) is 0 Å². The lowest BCUT2D eigenvalue weighted by atomic mass is 10.3. The third kappa shape index (κ3) is 4.89. The van der Waals surface area contributed by atoms with Crippen molar-refractivity contribution in [2.45, 2.75) is 19.4 Å². The number of rotatable bonds is 7. The lowest BCUT2D eigenvalue weighted by molar-refractivity contribution is -0.137. The number of carboxylic acids is 1. The molecule has 0 aliphatic heterocycles. The lowest BCUT2D eigenvalue weighted by Gasteiger charge is -2.03. The van der Waals surface area contributed by atoms with Gasteiger partial charge in [-0.25, -0.2) is 13.1 Å². The zero-order chi connectivity index (χ0) is 12.0. The summed E-state index contributed by atoms with van der Waals surface area (Å²) in [5, 5.41) is 14.6. The molecule has 0 aliphatic rings. The second-order valence-electron chi connectivity index (χ2n) is 3.24. The number of sulfonamides is 1. The Hall–Kier alpha value is -1.41. The predicted octanol–water partition coefficient (Wildman–Crippen LogP) is -0.306. The molecule has 0 radical (unpaired) electrons. The molecular weight excluding hydrogens is 234 g/mol. The number of carbonyl (C=O) groups is 1. The quantitative estimate of drug-likeness (QED) is 0.612. The molecule has 16 heavy (non-hydrogen) atoms. The number of aromatic nitrogens is 2. The molecule has 0 aromatic carbocycles. The average molecular weight is 247 g/mol. The molecule has 0 aliphatic carbocycles. The van der Waals surface area contributed by atoms with Gasteiger partial charge in [-0.05, 0) is 6.42 Å². The Bertz CT molecular complexity index is 426. The van der Waals surface area contributed by atoms with Gasteiger partial charge in [0.05, 0.1) is 11.9 Å². The van der Waals surface area contributed by atoms with Crippen molar-refractivity contribution in [3.8, 4) is 0 Å². The van der Waals surface area contributed by atoms with E-state index in [9.17, 15) is 13.2 Å². The van der Waals surface area contributed by atoms with Crippen molar-refractivity contribution < 1.29 is 18.3 Å². The van der Waals surface area contributed by atoms with Gasteiger partial charge in [-0.2, -0.15) is 5.10 Å². The molecule has 0 saturated heterocycles. The number of aliphatic carboxylic acids is 1. The Labute approximate surface area is 92.9 Å². The van der Waals surface area contributed by atoms with E-state index >= 15 is 0 Å². The van der Waals surface area contributed by atoms with Crippen molar-refractivity contribution in [1.29, 1.82) is 0 Å². The van der Waals surface area contributed by atoms with Gasteiger partial charge >= 0.3 is 5.97 Å². The highest BCUT2D eigenvalue weighted by Crippen LogP contribution is 1.98. The number of hydrogen-bond donors (Lipinski definition) is 3. The summed E-state index contributed by atoms with van der Waals surface area (Å²) in [7, 11) is -3.41. The van der Waals surface area contributed by atoms with E-state index in [0.29, 0.717) is 0 Å². The SMILES string of the molecule is O=C(O)CCCS(=O)(=O)NCc1cn[nH]c1. The molecule has 0 saturated carbocycles. The zero-order valence-corrected chi connectivity index (χ0v) is 9.33. The maximum atomic E-state index is 11.4. The summed E-state index contributed by atoms with van der Waals surface area (Å²) in [5.74, 6) is -1.18. The van der Waals surface area contributed by atoms with Crippen LogP contribution in [0.3, 0.4) is 0 Å². The monoisotopic (exact) mass is 247 g/mol. The minimum atomic E-state index is -3.41. The van der Waals surface area contributed by atoms with E-state index < -0.39 is 16.0 Å². The third-order valence-electron chi connectivity index (χ3n) is 1.85. The Balaban J connectivity index is 2.31. The van der Waals surface area contributed by atoms with Crippen molar-refractivity contribution in [1.82, 2.24) is 14.9 Å². The van der Waals surface area contributed by atoms with Crippen LogP contribution in [0, 0.1) is 0 Å². The Morgan fingerprint density at radius 1 is 1.56 bits per heavy atom. The summed E-state index contributed by atoms with van der Waals surface area (Å²) in [6, 6.07) is 0. The maximum absolute atomic E-state index is 11.4. The van der Waals surface area contributed by atoms with Crippen molar-refractivity contribution in [3.05, 3.63) is 18.0 Å². The summed E-state index contributed by atoms with van der Waals surface area (Å²) in [5.41, 5.74) is 0.724. The highest BCUT2D eigenvalue weighted by molar-refractivity contribution is 7.89. The fourth-order valence-electron chi connectivity index (χ4n) is 1.05. The van der Waals surface area contributed by atoms with Crippen LogP contribution in [0.4, 0.5) is 0 Å². The molecule has 0 bridgehead atoms. The zero-order valence-electron chi connectivity index (χ0n) is 8.51. The Morgan fingerprint density at radius 2 is 2.31 bits per heavy atom. The van der Waals surface area contributed by atoms with Gasteiger partial charge in [0.1, 0.15) is 0 Å². The van der Waals surface area contributed by atoms with Gasteiger partial charge in [0.15, 0.2) is 0 Å². The third-order valence-corrected chi connectivity index (χ3v) is 3.27. The van der Waals surface area contributed by atoms with Crippen LogP contribution < -0.4 is 4.72 Å². The van der Waals surface area contributed by atoms with Crippen molar-refractivity contribution in [2.75, 3.05) is 5.75 Å². The maximum Gasteiger partial charge on any atom is 0.303 e. The predicted molar refractivity (Wildman–Crippen MR) is 56.1 cm³/mol. The van der Waals surface area contributed by atoms with E-state index in [1.165, 1.54) is 6.20 Å². The molecule has 1 heterocycles. The van der Waals surface area contributed by atoms with E-state index in [4.69, 9.17) is 5.11 Å². The summed E-state index contributed by atoms with van der Waals surface area (Å²) < 4.78 is 25.1. The van der Waals surface area contributed by atoms with Gasteiger partial charge in [-0.1, -0.05) is 0 Å². The first-order valence-electron chi connectivity index (χ1n) is 4.66. The Morgan fingerprint density at radius 3 is 2.88 bits per heavy atom. The van der Waals surface area contributed by atoms with Gasteiger partial charge in [0.25, 0.3) is 0 Å². The van der Waals surface area contributed by atoms with Crippen LogP contribution in [0.5, 0.6) is 0 Å². The molecule has 7 nitrogen and oxygen atoms in total. The highest BCUT2D eigenvalue weighted by atomic mass is 32.2. The van der Waals surface area contributed by atoms with Crippen LogP contribution in [0.2, 0.25) is 0 Å². The fraction of sp³-hybridized carbons (Fsp3) is 0.500. The average Bonchev–Trinajstić information content (AvgIpc) is 2.66. The minimum Gasteiger partial charge on any atom is -0.481 e. The highest BCUT2D eigenvalue weighted by Gasteiger charge is 2.10. The van der Waals surface area contributed by atoms with Crippen LogP contribution in [0.25, 0.3) is 0 Å². The van der Waals surface area contributed by atoms with Gasteiger partial charge in [0.2, 0.25) is 10.0 Å². The molecule has 0 unspecified atom stereocenters. The summed E-state index contributed by atoms with van der Waals surface area (Å²) >= 11 is 0. The van der Waals surface area contributed by atoms with Gasteiger partial charge in [-0.15, -0.1) is 0 Å². The van der Waals surface area contributed by atoms with E-state index in [-0.39, 0.29) is 25.1 Å². The molecule has 1 aromatic rings. The molecule has 1 rings (SSSR count). The molecule has 3 N–H and O–H groups in total. The molecule has 0 spiro atoms. The van der Waals surface area contributed by atoms with Crippen LogP contribution in [-0.2, 0) is 21.4 Å². The van der Waals surface area contributed by atoms with Crippen LogP contribution in [0.1, 0.15) is 18.4 Å². The van der Waals surface area contributed by atoms with E-state index in [1.54, 1.807) is 6.20 Å². The van der Waals surface area contributed by atoms with Gasteiger partial charge < -0.3 is 5.11 Å². The molecule has 8 heteroatoms. The molecule has 0 fully saturated rings. The second-order valence-corrected chi connectivity index (χ2v) is 5.17. The fourth-order valence-corrected chi connectivity index (χ4v) is 2.11. The number of nitrogens with zero attached hydrogens (tertiary/aromatic N) is 1. The largest absolute Gasteiger partial charge is 0.481 e. The number of aromatic amines is 1. The van der Waals surface area contributed by atoms with Crippen LogP contribution >= 0.6 is 0 Å². The number of hydrogen-bond acceptors (Lipinski definition) is 4. The van der Waals surface area contributed by atoms with Gasteiger partial charge in [0, 0.05) is 24.7 Å². The smallest absolute Gasteiger partial charge is 0.303 e. The standard InChI is InChI=1S/C8H13N3O4S/c12-8(13)2-1-3-16(14,15)11-6-7-4-9-10-5-7/h4-5,11H,1-3,6H2,(H,9,10)(H,12,13). The first-order chi connectivity index (χ1) is 7.49. The molecule has 0 atom stereocenters. The number of carboxylic acid groups (broad SMARTS) is 1. The molecule has 90 valence electrons. The van der Waals surface area contributed by atoms with Crippen molar-refractivity contribution >= 4 is 16.0 Å². The second kappa shape index (κ2) is 5.61.